The minimum atomic E-state index is -3.60. The topological polar surface area (TPSA) is 66.5 Å². The Kier molecular flexibility index (Phi) is 7.89. The number of anilines is 1. The van der Waals surface area contributed by atoms with Crippen LogP contribution in [0.3, 0.4) is 0 Å². The second kappa shape index (κ2) is 9.94. The summed E-state index contributed by atoms with van der Waals surface area (Å²) in [7, 11) is -3.60. The molecule has 28 heavy (non-hydrogen) atoms. The molecule has 0 aliphatic rings. The van der Waals surface area contributed by atoms with Crippen molar-refractivity contribution in [3.8, 4) is 0 Å². The smallest absolute Gasteiger partial charge is 0.240 e. The lowest BCUT2D eigenvalue weighted by Gasteiger charge is -2.22. The van der Waals surface area contributed by atoms with E-state index in [0.29, 0.717) is 23.2 Å². The standard InChI is InChI=1S/C21H27ClN2O3S/c1-16(2)18-11-9-17(10-12-18)6-5-13-23-21(25)15-24(28(3,26)27)20-8-4-7-19(22)14-20/h4,7-12,14,16H,5-6,13,15H2,1-3H3,(H,23,25). The Hall–Kier alpha value is -2.05. The third kappa shape index (κ3) is 6.84. The van der Waals surface area contributed by atoms with E-state index in [9.17, 15) is 13.2 Å². The number of rotatable bonds is 9. The number of sulfonamides is 1. The molecule has 0 bridgehead atoms. The summed E-state index contributed by atoms with van der Waals surface area (Å²) in [6, 6.07) is 14.9. The molecule has 2 aromatic carbocycles. The van der Waals surface area contributed by atoms with E-state index in [1.54, 1.807) is 18.2 Å². The van der Waals surface area contributed by atoms with Crippen LogP contribution in [0.1, 0.15) is 37.3 Å². The largest absolute Gasteiger partial charge is 0.355 e. The number of carbonyl (C=O) groups excluding carboxylic acids is 1. The molecule has 0 atom stereocenters. The zero-order valence-electron chi connectivity index (χ0n) is 16.5. The van der Waals surface area contributed by atoms with Crippen LogP contribution < -0.4 is 9.62 Å². The van der Waals surface area contributed by atoms with Crippen LogP contribution in [0.2, 0.25) is 5.02 Å². The van der Waals surface area contributed by atoms with Gasteiger partial charge in [0.2, 0.25) is 15.9 Å². The van der Waals surface area contributed by atoms with E-state index in [-0.39, 0.29) is 12.5 Å². The monoisotopic (exact) mass is 422 g/mol. The van der Waals surface area contributed by atoms with Crippen LogP contribution in [-0.2, 0) is 21.2 Å². The summed E-state index contributed by atoms with van der Waals surface area (Å²) in [6.07, 6.45) is 2.70. The molecular weight excluding hydrogens is 396 g/mol. The number of carbonyl (C=O) groups is 1. The second-order valence-electron chi connectivity index (χ2n) is 7.10. The molecular formula is C21H27ClN2O3S. The molecule has 1 amide bonds. The maximum absolute atomic E-state index is 12.2. The Morgan fingerprint density at radius 2 is 1.82 bits per heavy atom. The van der Waals surface area contributed by atoms with Gasteiger partial charge in [0.15, 0.2) is 0 Å². The number of nitrogens with zero attached hydrogens (tertiary/aromatic N) is 1. The molecule has 0 fully saturated rings. The summed E-state index contributed by atoms with van der Waals surface area (Å²) < 4.78 is 25.2. The van der Waals surface area contributed by atoms with Crippen LogP contribution in [0.5, 0.6) is 0 Å². The number of nitrogens with one attached hydrogen (secondary N) is 1. The van der Waals surface area contributed by atoms with E-state index in [4.69, 9.17) is 11.6 Å². The average molecular weight is 423 g/mol. The molecule has 0 saturated heterocycles. The van der Waals surface area contributed by atoms with Gasteiger partial charge in [-0.15, -0.1) is 0 Å². The molecule has 0 aliphatic heterocycles. The van der Waals surface area contributed by atoms with Crippen LogP contribution in [0.25, 0.3) is 0 Å². The van der Waals surface area contributed by atoms with Gasteiger partial charge in [0.05, 0.1) is 11.9 Å². The highest BCUT2D eigenvalue weighted by Gasteiger charge is 2.20. The lowest BCUT2D eigenvalue weighted by Crippen LogP contribution is -2.40. The summed E-state index contributed by atoms with van der Waals surface area (Å²) in [5.74, 6) is 0.159. The van der Waals surface area contributed by atoms with Gasteiger partial charge < -0.3 is 5.32 Å². The highest BCUT2D eigenvalue weighted by Crippen LogP contribution is 2.21. The summed E-state index contributed by atoms with van der Waals surface area (Å²) in [6.45, 7) is 4.53. The summed E-state index contributed by atoms with van der Waals surface area (Å²) in [5, 5.41) is 3.20. The van der Waals surface area contributed by atoms with Crippen molar-refractivity contribution in [1.82, 2.24) is 5.32 Å². The van der Waals surface area contributed by atoms with E-state index < -0.39 is 10.0 Å². The Morgan fingerprint density at radius 1 is 1.14 bits per heavy atom. The van der Waals surface area contributed by atoms with Crippen molar-refractivity contribution < 1.29 is 13.2 Å². The second-order valence-corrected chi connectivity index (χ2v) is 9.44. The van der Waals surface area contributed by atoms with E-state index in [0.717, 1.165) is 23.4 Å². The summed E-state index contributed by atoms with van der Waals surface area (Å²) in [5.41, 5.74) is 2.89. The SMILES string of the molecule is CC(C)c1ccc(CCCNC(=O)CN(c2cccc(Cl)c2)S(C)(=O)=O)cc1. The third-order valence-electron chi connectivity index (χ3n) is 4.39. The maximum Gasteiger partial charge on any atom is 0.240 e. The molecule has 1 N–H and O–H groups in total. The van der Waals surface area contributed by atoms with Crippen molar-refractivity contribution in [2.75, 3.05) is 23.7 Å². The molecule has 2 aromatic rings. The van der Waals surface area contributed by atoms with Crippen LogP contribution in [0, 0.1) is 0 Å². The van der Waals surface area contributed by atoms with Crippen LogP contribution >= 0.6 is 11.6 Å². The zero-order chi connectivity index (χ0) is 20.7. The highest BCUT2D eigenvalue weighted by atomic mass is 35.5. The van der Waals surface area contributed by atoms with Crippen molar-refractivity contribution in [1.29, 1.82) is 0 Å². The first-order chi connectivity index (χ1) is 13.2. The van der Waals surface area contributed by atoms with Gasteiger partial charge in [-0.05, 0) is 48.1 Å². The van der Waals surface area contributed by atoms with Gasteiger partial charge in [0.1, 0.15) is 6.54 Å². The molecule has 2 rings (SSSR count). The highest BCUT2D eigenvalue weighted by molar-refractivity contribution is 7.92. The van der Waals surface area contributed by atoms with E-state index >= 15 is 0 Å². The van der Waals surface area contributed by atoms with Gasteiger partial charge in [0, 0.05) is 11.6 Å². The fourth-order valence-corrected chi connectivity index (χ4v) is 3.84. The quantitative estimate of drug-likeness (QED) is 0.621. The Bertz CT molecular complexity index is 896. The molecule has 0 radical (unpaired) electrons. The fourth-order valence-electron chi connectivity index (χ4n) is 2.81. The molecule has 0 saturated carbocycles. The van der Waals surface area contributed by atoms with E-state index in [1.807, 2.05) is 0 Å². The first-order valence-corrected chi connectivity index (χ1v) is 11.5. The fraction of sp³-hybridized carbons (Fsp3) is 0.381. The number of halogens is 1. The van der Waals surface area contributed by atoms with Crippen molar-refractivity contribution >= 4 is 33.2 Å². The molecule has 0 unspecified atom stereocenters. The number of benzene rings is 2. The van der Waals surface area contributed by atoms with E-state index in [1.165, 1.54) is 17.2 Å². The summed E-state index contributed by atoms with van der Waals surface area (Å²) in [4.78, 5) is 12.2. The first-order valence-electron chi connectivity index (χ1n) is 9.25. The first kappa shape index (κ1) is 22.2. The Labute approximate surface area is 172 Å². The molecule has 7 heteroatoms. The average Bonchev–Trinajstić information content (AvgIpc) is 2.62. The van der Waals surface area contributed by atoms with Crippen molar-refractivity contribution in [2.45, 2.75) is 32.6 Å². The van der Waals surface area contributed by atoms with Gasteiger partial charge in [-0.1, -0.05) is 55.8 Å². The van der Waals surface area contributed by atoms with Crippen molar-refractivity contribution in [2.24, 2.45) is 0 Å². The zero-order valence-corrected chi connectivity index (χ0v) is 18.1. The molecule has 152 valence electrons. The Morgan fingerprint density at radius 3 is 2.39 bits per heavy atom. The minimum absolute atomic E-state index is 0.276. The molecule has 0 spiro atoms. The summed E-state index contributed by atoms with van der Waals surface area (Å²) >= 11 is 5.94. The van der Waals surface area contributed by atoms with Crippen LogP contribution in [0.15, 0.2) is 48.5 Å². The van der Waals surface area contributed by atoms with E-state index in [2.05, 4.69) is 43.4 Å². The van der Waals surface area contributed by atoms with Gasteiger partial charge in [-0.25, -0.2) is 8.42 Å². The van der Waals surface area contributed by atoms with Gasteiger partial charge in [-0.3, -0.25) is 9.10 Å². The third-order valence-corrected chi connectivity index (χ3v) is 5.77. The number of amides is 1. The predicted molar refractivity (Wildman–Crippen MR) is 116 cm³/mol. The van der Waals surface area contributed by atoms with Crippen molar-refractivity contribution in [3.05, 3.63) is 64.7 Å². The Balaban J connectivity index is 1.86. The van der Waals surface area contributed by atoms with Gasteiger partial charge >= 0.3 is 0 Å². The van der Waals surface area contributed by atoms with Crippen LogP contribution in [0.4, 0.5) is 5.69 Å². The molecule has 0 heterocycles. The molecule has 5 nitrogen and oxygen atoms in total. The van der Waals surface area contributed by atoms with Crippen LogP contribution in [-0.4, -0.2) is 33.7 Å². The maximum atomic E-state index is 12.2. The van der Waals surface area contributed by atoms with Gasteiger partial charge in [0.25, 0.3) is 0 Å². The molecule has 0 aromatic heterocycles. The lowest BCUT2D eigenvalue weighted by molar-refractivity contribution is -0.119. The minimum Gasteiger partial charge on any atom is -0.355 e. The lowest BCUT2D eigenvalue weighted by atomic mass is 10.0. The normalized spacial score (nSPS) is 11.5. The number of hydrogen-bond acceptors (Lipinski definition) is 3. The number of hydrogen-bond donors (Lipinski definition) is 1. The molecule has 0 aliphatic carbocycles. The van der Waals surface area contributed by atoms with Gasteiger partial charge in [-0.2, -0.15) is 0 Å². The predicted octanol–water partition coefficient (Wildman–Crippen LogP) is 3.98. The van der Waals surface area contributed by atoms with Crippen molar-refractivity contribution in [3.63, 3.8) is 0 Å². The number of aryl methyl sites for hydroxylation is 1.